The molecule has 0 fully saturated rings. The molecule has 0 bridgehead atoms. The van der Waals surface area contributed by atoms with Crippen molar-refractivity contribution >= 4 is 5.91 Å². The molecule has 0 aliphatic rings. The van der Waals surface area contributed by atoms with Crippen molar-refractivity contribution in [3.63, 3.8) is 0 Å². The number of nitrogens with one attached hydrogen (secondary N) is 2. The normalized spacial score (nSPS) is 13.4. The lowest BCUT2D eigenvalue weighted by molar-refractivity contribution is -0.141. The Labute approximate surface area is 198 Å². The molecule has 2 atom stereocenters. The number of halogens is 6. The Bertz CT molecular complexity index is 1180. The van der Waals surface area contributed by atoms with Gasteiger partial charge < -0.3 is 10.6 Å². The van der Waals surface area contributed by atoms with Gasteiger partial charge in [-0.15, -0.1) is 0 Å². The number of aromatic nitrogens is 1. The third-order valence-electron chi connectivity index (χ3n) is 5.63. The molecule has 1 aromatic heterocycles. The molecule has 4 nitrogen and oxygen atoms in total. The number of hydrogen-bond acceptors (Lipinski definition) is 3. The van der Waals surface area contributed by atoms with Crippen LogP contribution in [0.2, 0.25) is 0 Å². The monoisotopic (exact) mass is 495 g/mol. The molecule has 1 amide bonds. The Morgan fingerprint density at radius 2 is 1.57 bits per heavy atom. The fraction of sp³-hybridized carbons (Fsp3) is 0.280. The summed E-state index contributed by atoms with van der Waals surface area (Å²) in [5.74, 6) is -3.54. The average Bonchev–Trinajstić information content (AvgIpc) is 2.82. The Morgan fingerprint density at radius 3 is 2.14 bits per heavy atom. The van der Waals surface area contributed by atoms with Gasteiger partial charge in [0.1, 0.15) is 17.6 Å². The lowest BCUT2D eigenvalue weighted by atomic mass is 9.88. The third kappa shape index (κ3) is 6.39. The van der Waals surface area contributed by atoms with Crippen LogP contribution in [0.15, 0.2) is 54.7 Å². The van der Waals surface area contributed by atoms with Gasteiger partial charge in [0, 0.05) is 19.2 Å². The summed E-state index contributed by atoms with van der Waals surface area (Å²) in [6.07, 6.45) is -3.18. The number of alkyl halides is 3. The number of benzene rings is 2. The highest BCUT2D eigenvalue weighted by atomic mass is 19.4. The van der Waals surface area contributed by atoms with E-state index in [-0.39, 0.29) is 18.5 Å². The minimum Gasteiger partial charge on any atom is -0.358 e. The fourth-order valence-corrected chi connectivity index (χ4v) is 3.76. The first kappa shape index (κ1) is 26.2. The van der Waals surface area contributed by atoms with Crippen LogP contribution in [0, 0.1) is 24.4 Å². The first-order valence-corrected chi connectivity index (χ1v) is 10.7. The van der Waals surface area contributed by atoms with Crippen molar-refractivity contribution in [3.8, 4) is 0 Å². The van der Waals surface area contributed by atoms with E-state index in [1.54, 1.807) is 13.0 Å². The van der Waals surface area contributed by atoms with Crippen LogP contribution in [-0.2, 0) is 11.0 Å². The number of amides is 1. The standard InChI is InChI=1S/C25H23F6N3O/c1-14-11-15(3-6-19(14)26)18(17-5-8-22(34-13-17)25(29,30)31)9-10-33-23(24(35)32-2)16-4-7-20(27)21(28)12-16/h3-8,11-13,18,23,33H,9-10H2,1-2H3,(H,32,35)/t18-,23-/m0/s1. The summed E-state index contributed by atoms with van der Waals surface area (Å²) in [6, 6.07) is 8.72. The maximum Gasteiger partial charge on any atom is 0.433 e. The number of aryl methyl sites for hydroxylation is 1. The summed E-state index contributed by atoms with van der Waals surface area (Å²) in [5, 5.41) is 5.45. The number of carbonyl (C=O) groups excluding carboxylic acids is 1. The van der Waals surface area contributed by atoms with E-state index < -0.39 is 47.2 Å². The molecule has 0 aliphatic carbocycles. The molecule has 0 saturated heterocycles. The summed E-state index contributed by atoms with van der Waals surface area (Å²) in [7, 11) is 1.40. The van der Waals surface area contributed by atoms with Crippen LogP contribution in [0.3, 0.4) is 0 Å². The number of carbonyl (C=O) groups is 1. The quantitative estimate of drug-likeness (QED) is 0.410. The van der Waals surface area contributed by atoms with Crippen LogP contribution in [0.5, 0.6) is 0 Å². The lowest BCUT2D eigenvalue weighted by Crippen LogP contribution is -2.36. The maximum atomic E-state index is 13.8. The molecule has 2 N–H and O–H groups in total. The van der Waals surface area contributed by atoms with Crippen molar-refractivity contribution in [2.45, 2.75) is 31.5 Å². The van der Waals surface area contributed by atoms with Gasteiger partial charge in [0.2, 0.25) is 5.91 Å². The molecule has 0 saturated carbocycles. The smallest absolute Gasteiger partial charge is 0.358 e. The van der Waals surface area contributed by atoms with Gasteiger partial charge in [0.25, 0.3) is 0 Å². The molecule has 0 spiro atoms. The Kier molecular flexibility index (Phi) is 8.16. The molecule has 186 valence electrons. The molecule has 3 rings (SSSR count). The summed E-state index contributed by atoms with van der Waals surface area (Å²) >= 11 is 0. The van der Waals surface area contributed by atoms with Crippen LogP contribution in [0.25, 0.3) is 0 Å². The topological polar surface area (TPSA) is 54.0 Å². The second kappa shape index (κ2) is 10.9. The maximum absolute atomic E-state index is 13.8. The van der Waals surface area contributed by atoms with Crippen LogP contribution in [0.4, 0.5) is 26.3 Å². The summed E-state index contributed by atoms with van der Waals surface area (Å²) in [6.45, 7) is 1.74. The van der Waals surface area contributed by atoms with E-state index in [0.29, 0.717) is 16.7 Å². The first-order valence-electron chi connectivity index (χ1n) is 10.7. The average molecular weight is 495 g/mol. The van der Waals surface area contributed by atoms with E-state index >= 15 is 0 Å². The highest BCUT2D eigenvalue weighted by molar-refractivity contribution is 5.82. The molecule has 0 unspecified atom stereocenters. The Hall–Kier alpha value is -3.40. The first-order chi connectivity index (χ1) is 16.5. The number of pyridine rings is 1. The van der Waals surface area contributed by atoms with Crippen LogP contribution in [0.1, 0.15) is 46.3 Å². The van der Waals surface area contributed by atoms with Gasteiger partial charge in [-0.2, -0.15) is 13.2 Å². The van der Waals surface area contributed by atoms with Gasteiger partial charge >= 0.3 is 6.18 Å². The summed E-state index contributed by atoms with van der Waals surface area (Å²) in [5.41, 5.74) is 0.650. The summed E-state index contributed by atoms with van der Waals surface area (Å²) < 4.78 is 79.8. The van der Waals surface area contributed by atoms with Crippen molar-refractivity contribution in [1.29, 1.82) is 0 Å². The van der Waals surface area contributed by atoms with Crippen molar-refractivity contribution in [2.24, 2.45) is 0 Å². The van der Waals surface area contributed by atoms with E-state index in [0.717, 1.165) is 24.4 Å². The fourth-order valence-electron chi connectivity index (χ4n) is 3.76. The van der Waals surface area contributed by atoms with Crippen LogP contribution >= 0.6 is 0 Å². The number of likely N-dealkylation sites (N-methyl/N-ethyl adjacent to an activating group) is 1. The van der Waals surface area contributed by atoms with E-state index in [9.17, 15) is 31.1 Å². The van der Waals surface area contributed by atoms with Gasteiger partial charge in [-0.3, -0.25) is 9.78 Å². The number of rotatable bonds is 8. The molecule has 0 aliphatic heterocycles. The highest BCUT2D eigenvalue weighted by Gasteiger charge is 2.32. The summed E-state index contributed by atoms with van der Waals surface area (Å²) in [4.78, 5) is 15.9. The van der Waals surface area contributed by atoms with Gasteiger partial charge in [0.05, 0.1) is 0 Å². The van der Waals surface area contributed by atoms with Crippen molar-refractivity contribution in [1.82, 2.24) is 15.6 Å². The molecular formula is C25H23F6N3O. The number of nitrogens with zero attached hydrogens (tertiary/aromatic N) is 1. The molecule has 3 aromatic rings. The zero-order valence-corrected chi connectivity index (χ0v) is 18.9. The van der Waals surface area contributed by atoms with Gasteiger partial charge in [-0.25, -0.2) is 13.2 Å². The molecule has 0 radical (unpaired) electrons. The molecular weight excluding hydrogens is 472 g/mol. The van der Waals surface area contributed by atoms with E-state index in [1.165, 1.54) is 31.3 Å². The molecule has 2 aromatic carbocycles. The zero-order chi connectivity index (χ0) is 25.8. The van der Waals surface area contributed by atoms with E-state index in [1.807, 2.05) is 0 Å². The van der Waals surface area contributed by atoms with Crippen molar-refractivity contribution in [3.05, 3.63) is 100 Å². The zero-order valence-electron chi connectivity index (χ0n) is 18.9. The highest BCUT2D eigenvalue weighted by Crippen LogP contribution is 2.32. The second-order valence-corrected chi connectivity index (χ2v) is 8.00. The minimum atomic E-state index is -4.59. The van der Waals surface area contributed by atoms with Crippen molar-refractivity contribution in [2.75, 3.05) is 13.6 Å². The lowest BCUT2D eigenvalue weighted by Gasteiger charge is -2.22. The Balaban J connectivity index is 1.87. The van der Waals surface area contributed by atoms with Gasteiger partial charge in [-0.05, 0) is 66.4 Å². The molecule has 1 heterocycles. The number of hydrogen-bond donors (Lipinski definition) is 2. The largest absolute Gasteiger partial charge is 0.433 e. The van der Waals surface area contributed by atoms with Gasteiger partial charge in [-0.1, -0.05) is 24.3 Å². The predicted octanol–water partition coefficient (Wildman–Crippen LogP) is 5.43. The van der Waals surface area contributed by atoms with Crippen LogP contribution < -0.4 is 10.6 Å². The van der Waals surface area contributed by atoms with E-state index in [2.05, 4.69) is 15.6 Å². The minimum absolute atomic E-state index is 0.166. The SMILES string of the molecule is CNC(=O)[C@@H](NCC[C@H](c1ccc(C(F)(F)F)nc1)c1ccc(F)c(C)c1)c1ccc(F)c(F)c1. The van der Waals surface area contributed by atoms with Crippen LogP contribution in [-0.4, -0.2) is 24.5 Å². The second-order valence-electron chi connectivity index (χ2n) is 8.00. The van der Waals surface area contributed by atoms with Crippen molar-refractivity contribution < 1.29 is 31.1 Å². The van der Waals surface area contributed by atoms with Gasteiger partial charge in [0.15, 0.2) is 11.6 Å². The molecule has 35 heavy (non-hydrogen) atoms. The van der Waals surface area contributed by atoms with E-state index in [4.69, 9.17) is 0 Å². The Morgan fingerprint density at radius 1 is 0.914 bits per heavy atom. The molecule has 10 heteroatoms. The third-order valence-corrected chi connectivity index (χ3v) is 5.63. The predicted molar refractivity (Wildman–Crippen MR) is 118 cm³/mol.